The molecule has 240 valence electrons. The number of aryl methyl sites for hydroxylation is 4. The van der Waals surface area contributed by atoms with Crippen LogP contribution in [0.25, 0.3) is 0 Å². The van der Waals surface area contributed by atoms with Gasteiger partial charge in [0.25, 0.3) is 5.95 Å². The SMILES string of the molecule is CCN(CCC(C)(C)CC(=O)O)c1cc2c(cc1CNc1nnn(CCc3cc(C(F)(F)F)cc(C(F)(F)F)c3)n1)CCC2. The summed E-state index contributed by atoms with van der Waals surface area (Å²) in [7, 11) is 0. The summed E-state index contributed by atoms with van der Waals surface area (Å²) in [5, 5.41) is 24.5. The van der Waals surface area contributed by atoms with Crippen LogP contribution in [0.2, 0.25) is 0 Å². The molecule has 44 heavy (non-hydrogen) atoms. The zero-order valence-electron chi connectivity index (χ0n) is 24.8. The first-order valence-electron chi connectivity index (χ1n) is 14.5. The summed E-state index contributed by atoms with van der Waals surface area (Å²) in [6.45, 7) is 7.59. The van der Waals surface area contributed by atoms with E-state index in [-0.39, 0.29) is 42.4 Å². The normalized spacial score (nSPS) is 13.7. The minimum Gasteiger partial charge on any atom is -0.481 e. The van der Waals surface area contributed by atoms with Crippen LogP contribution in [0.15, 0.2) is 30.3 Å². The van der Waals surface area contributed by atoms with Crippen LogP contribution in [0.5, 0.6) is 0 Å². The molecule has 2 N–H and O–H groups in total. The van der Waals surface area contributed by atoms with Crippen LogP contribution in [0.1, 0.15) is 73.4 Å². The molecule has 1 aromatic heterocycles. The van der Waals surface area contributed by atoms with Crippen molar-refractivity contribution in [2.45, 2.75) is 84.7 Å². The number of halogens is 6. The largest absolute Gasteiger partial charge is 0.481 e. The average Bonchev–Trinajstić information content (AvgIpc) is 3.58. The third-order valence-electron chi connectivity index (χ3n) is 7.84. The average molecular weight is 627 g/mol. The smallest absolute Gasteiger partial charge is 0.416 e. The zero-order valence-corrected chi connectivity index (χ0v) is 24.8. The van der Waals surface area contributed by atoms with Crippen molar-refractivity contribution in [2.75, 3.05) is 23.3 Å². The molecular weight excluding hydrogens is 590 g/mol. The maximum atomic E-state index is 13.2. The number of carbonyl (C=O) groups is 1. The van der Waals surface area contributed by atoms with Crippen molar-refractivity contribution >= 4 is 17.6 Å². The maximum Gasteiger partial charge on any atom is 0.416 e. The molecule has 2 aromatic carbocycles. The standard InChI is InChI=1S/C30H36F6N6O2/c1-4-41(11-9-28(2,3)17-26(43)44)25-15-21-7-5-6-20(21)14-22(25)18-37-27-38-40-42(39-27)10-8-19-12-23(29(31,32)33)16-24(13-19)30(34,35)36/h12-16H,4-11,17-18H2,1-3H3,(H,37,39)(H,43,44). The second-order valence-corrected chi connectivity index (χ2v) is 11.9. The molecule has 4 rings (SSSR count). The lowest BCUT2D eigenvalue weighted by Crippen LogP contribution is -2.30. The Morgan fingerprint density at radius 2 is 1.64 bits per heavy atom. The van der Waals surface area contributed by atoms with Crippen LogP contribution in [-0.2, 0) is 49.5 Å². The molecule has 0 fully saturated rings. The van der Waals surface area contributed by atoms with Crippen molar-refractivity contribution in [3.63, 3.8) is 0 Å². The predicted molar refractivity (Wildman–Crippen MR) is 152 cm³/mol. The number of carboxylic acid groups (broad SMARTS) is 1. The van der Waals surface area contributed by atoms with E-state index in [4.69, 9.17) is 0 Å². The van der Waals surface area contributed by atoms with E-state index in [0.29, 0.717) is 31.6 Å². The summed E-state index contributed by atoms with van der Waals surface area (Å²) in [5.41, 5.74) is 1.34. The Kier molecular flexibility index (Phi) is 9.79. The fourth-order valence-electron chi connectivity index (χ4n) is 5.46. The fourth-order valence-corrected chi connectivity index (χ4v) is 5.46. The number of alkyl halides is 6. The molecule has 0 radical (unpaired) electrons. The van der Waals surface area contributed by atoms with Crippen LogP contribution in [0, 0.1) is 5.41 Å². The first-order valence-corrected chi connectivity index (χ1v) is 14.5. The summed E-state index contributed by atoms with van der Waals surface area (Å²) < 4.78 is 79.2. The fraction of sp³-hybridized carbons (Fsp3) is 0.533. The number of nitrogens with one attached hydrogen (secondary N) is 1. The van der Waals surface area contributed by atoms with E-state index in [0.717, 1.165) is 41.9 Å². The van der Waals surface area contributed by atoms with Gasteiger partial charge in [0.1, 0.15) is 0 Å². The van der Waals surface area contributed by atoms with Crippen LogP contribution >= 0.6 is 0 Å². The van der Waals surface area contributed by atoms with Crippen LogP contribution in [0.3, 0.4) is 0 Å². The number of rotatable bonds is 13. The molecule has 8 nitrogen and oxygen atoms in total. The van der Waals surface area contributed by atoms with Crippen molar-refractivity contribution in [3.8, 4) is 0 Å². The number of aliphatic carboxylic acids is 1. The van der Waals surface area contributed by atoms with Gasteiger partial charge in [0.05, 0.1) is 24.1 Å². The number of fused-ring (bicyclic) bond motifs is 1. The van der Waals surface area contributed by atoms with E-state index in [1.54, 1.807) is 0 Å². The summed E-state index contributed by atoms with van der Waals surface area (Å²) >= 11 is 0. The highest BCUT2D eigenvalue weighted by atomic mass is 19.4. The van der Waals surface area contributed by atoms with Gasteiger partial charge in [-0.1, -0.05) is 25.0 Å². The Bertz CT molecular complexity index is 1430. The monoisotopic (exact) mass is 626 g/mol. The van der Waals surface area contributed by atoms with E-state index in [2.05, 4.69) is 37.8 Å². The van der Waals surface area contributed by atoms with Crippen molar-refractivity contribution < 1.29 is 36.2 Å². The first-order chi connectivity index (χ1) is 20.5. The van der Waals surface area contributed by atoms with Gasteiger partial charge in [-0.05, 0) is 96.2 Å². The Morgan fingerprint density at radius 3 is 2.23 bits per heavy atom. The van der Waals surface area contributed by atoms with E-state index in [1.165, 1.54) is 11.1 Å². The van der Waals surface area contributed by atoms with Gasteiger partial charge in [-0.2, -0.15) is 31.1 Å². The Labute approximate surface area is 251 Å². The highest BCUT2D eigenvalue weighted by molar-refractivity contribution is 5.67. The molecule has 0 amide bonds. The molecule has 0 unspecified atom stereocenters. The van der Waals surface area contributed by atoms with Gasteiger partial charge < -0.3 is 15.3 Å². The van der Waals surface area contributed by atoms with E-state index in [9.17, 15) is 36.2 Å². The number of anilines is 2. The molecule has 0 atom stereocenters. The van der Waals surface area contributed by atoms with Crippen LogP contribution in [0.4, 0.5) is 38.0 Å². The Morgan fingerprint density at radius 1 is 1.00 bits per heavy atom. The maximum absolute atomic E-state index is 13.2. The van der Waals surface area contributed by atoms with Gasteiger partial charge in [-0.25, -0.2) is 0 Å². The number of aromatic nitrogens is 4. The lowest BCUT2D eigenvalue weighted by Gasteiger charge is -2.31. The summed E-state index contributed by atoms with van der Waals surface area (Å²) in [5.74, 6) is -0.663. The van der Waals surface area contributed by atoms with E-state index >= 15 is 0 Å². The van der Waals surface area contributed by atoms with Crippen molar-refractivity contribution in [3.05, 3.63) is 63.7 Å². The number of hydrogen-bond acceptors (Lipinski definition) is 6. The molecule has 1 aliphatic rings. The predicted octanol–water partition coefficient (Wildman–Crippen LogP) is 6.77. The molecule has 0 saturated carbocycles. The molecule has 0 bridgehead atoms. The van der Waals surface area contributed by atoms with Crippen molar-refractivity contribution in [1.82, 2.24) is 20.2 Å². The van der Waals surface area contributed by atoms with Gasteiger partial charge in [-0.15, -0.1) is 5.10 Å². The number of benzene rings is 2. The van der Waals surface area contributed by atoms with E-state index in [1.807, 2.05) is 20.8 Å². The van der Waals surface area contributed by atoms with Gasteiger partial charge in [0.15, 0.2) is 0 Å². The van der Waals surface area contributed by atoms with Crippen LogP contribution < -0.4 is 10.2 Å². The van der Waals surface area contributed by atoms with E-state index < -0.39 is 29.4 Å². The molecule has 0 spiro atoms. The zero-order chi connectivity index (χ0) is 32.3. The summed E-state index contributed by atoms with van der Waals surface area (Å²) in [6.07, 6.45) is -6.22. The van der Waals surface area contributed by atoms with Gasteiger partial charge in [0, 0.05) is 25.3 Å². The number of hydrogen-bond donors (Lipinski definition) is 2. The molecular formula is C30H36F6N6O2. The summed E-state index contributed by atoms with van der Waals surface area (Å²) in [6, 6.07) is 5.85. The van der Waals surface area contributed by atoms with Gasteiger partial charge >= 0.3 is 18.3 Å². The van der Waals surface area contributed by atoms with Crippen molar-refractivity contribution in [1.29, 1.82) is 0 Å². The second kappa shape index (κ2) is 13.0. The molecule has 1 heterocycles. The Hall–Kier alpha value is -3.84. The number of tetrazole rings is 1. The topological polar surface area (TPSA) is 96.2 Å². The number of nitrogens with zero attached hydrogens (tertiary/aromatic N) is 5. The summed E-state index contributed by atoms with van der Waals surface area (Å²) in [4.78, 5) is 14.6. The third kappa shape index (κ3) is 8.63. The molecule has 0 aliphatic heterocycles. The molecule has 0 saturated heterocycles. The van der Waals surface area contributed by atoms with Crippen LogP contribution in [-0.4, -0.2) is 44.4 Å². The van der Waals surface area contributed by atoms with Gasteiger partial charge in [-0.3, -0.25) is 4.79 Å². The highest BCUT2D eigenvalue weighted by Crippen LogP contribution is 2.37. The number of carboxylic acids is 1. The lowest BCUT2D eigenvalue weighted by atomic mass is 9.85. The lowest BCUT2D eigenvalue weighted by molar-refractivity contribution is -0.143. The minimum absolute atomic E-state index is 0.0712. The second-order valence-electron chi connectivity index (χ2n) is 11.9. The first kappa shape index (κ1) is 33.1. The Balaban J connectivity index is 1.46. The van der Waals surface area contributed by atoms with Crippen molar-refractivity contribution in [2.24, 2.45) is 5.41 Å². The molecule has 3 aromatic rings. The highest BCUT2D eigenvalue weighted by Gasteiger charge is 2.37. The molecule has 14 heteroatoms. The van der Waals surface area contributed by atoms with Gasteiger partial charge in [0.2, 0.25) is 0 Å². The minimum atomic E-state index is -4.92. The third-order valence-corrected chi connectivity index (χ3v) is 7.84. The molecule has 1 aliphatic carbocycles. The quantitative estimate of drug-likeness (QED) is 0.202.